The summed E-state index contributed by atoms with van der Waals surface area (Å²) in [5.74, 6) is 0.0998. The minimum absolute atomic E-state index is 0.248. The lowest BCUT2D eigenvalue weighted by Crippen LogP contribution is -2.09. The van der Waals surface area contributed by atoms with Crippen LogP contribution in [0.2, 0.25) is 0 Å². The fourth-order valence-corrected chi connectivity index (χ4v) is 2.11. The molecule has 0 saturated heterocycles. The van der Waals surface area contributed by atoms with E-state index in [4.69, 9.17) is 9.47 Å². The third-order valence-electron chi connectivity index (χ3n) is 3.20. The van der Waals surface area contributed by atoms with Crippen molar-refractivity contribution in [1.82, 2.24) is 0 Å². The van der Waals surface area contributed by atoms with Gasteiger partial charge in [-0.05, 0) is 19.1 Å². The van der Waals surface area contributed by atoms with E-state index < -0.39 is 11.9 Å². The predicted octanol–water partition coefficient (Wildman–Crippen LogP) is 3.24. The molecule has 0 aliphatic carbocycles. The zero-order valence-electron chi connectivity index (χ0n) is 12.2. The molecule has 4 heteroatoms. The number of benzene rings is 2. The first-order valence-electron chi connectivity index (χ1n) is 6.78. The molecule has 2 aromatic carbocycles. The average Bonchev–Trinajstić information content (AvgIpc) is 2.50. The molecule has 0 aliphatic rings. The van der Waals surface area contributed by atoms with Crippen LogP contribution < -0.4 is 4.74 Å². The van der Waals surface area contributed by atoms with Crippen LogP contribution in [0.25, 0.3) is 0 Å². The van der Waals surface area contributed by atoms with E-state index >= 15 is 0 Å². The quantitative estimate of drug-likeness (QED) is 0.830. The van der Waals surface area contributed by atoms with Gasteiger partial charge < -0.3 is 14.6 Å². The Balaban J connectivity index is 2.30. The van der Waals surface area contributed by atoms with Crippen molar-refractivity contribution in [2.75, 3.05) is 20.3 Å². The zero-order valence-corrected chi connectivity index (χ0v) is 12.2. The summed E-state index contributed by atoms with van der Waals surface area (Å²) >= 11 is 0. The fraction of sp³-hybridized carbons (Fsp3) is 0.294. The summed E-state index contributed by atoms with van der Waals surface area (Å²) in [6, 6.07) is 11.8. The highest BCUT2D eigenvalue weighted by Crippen LogP contribution is 2.31. The minimum atomic E-state index is -1.07. The standard InChI is InChI=1S/C17H19FO3/c1-12-7-8-15(18)14(11-12)17(19)13-5-3-4-6-16(13)21-10-9-20-2/h3-8,11,17,19H,9-10H2,1-2H3. The van der Waals surface area contributed by atoms with Gasteiger partial charge in [-0.2, -0.15) is 0 Å². The second-order valence-corrected chi connectivity index (χ2v) is 4.81. The number of hydrogen-bond acceptors (Lipinski definition) is 3. The molecule has 0 radical (unpaired) electrons. The predicted molar refractivity (Wildman–Crippen MR) is 79.0 cm³/mol. The van der Waals surface area contributed by atoms with Crippen LogP contribution in [-0.4, -0.2) is 25.4 Å². The summed E-state index contributed by atoms with van der Waals surface area (Å²) in [4.78, 5) is 0. The molecule has 0 aromatic heterocycles. The fourth-order valence-electron chi connectivity index (χ4n) is 2.11. The highest BCUT2D eigenvalue weighted by atomic mass is 19.1. The molecule has 2 aromatic rings. The lowest BCUT2D eigenvalue weighted by molar-refractivity contribution is 0.142. The Bertz CT molecular complexity index is 598. The molecule has 0 aliphatic heterocycles. The van der Waals surface area contributed by atoms with Crippen LogP contribution in [0.15, 0.2) is 42.5 Å². The lowest BCUT2D eigenvalue weighted by Gasteiger charge is -2.17. The maximum Gasteiger partial charge on any atom is 0.129 e. The van der Waals surface area contributed by atoms with Gasteiger partial charge in [0.2, 0.25) is 0 Å². The van der Waals surface area contributed by atoms with Gasteiger partial charge in [0.15, 0.2) is 0 Å². The van der Waals surface area contributed by atoms with Crippen LogP contribution in [0.4, 0.5) is 4.39 Å². The van der Waals surface area contributed by atoms with Crippen molar-refractivity contribution < 1.29 is 19.0 Å². The topological polar surface area (TPSA) is 38.7 Å². The van der Waals surface area contributed by atoms with Crippen molar-refractivity contribution in [1.29, 1.82) is 0 Å². The maximum atomic E-state index is 13.9. The van der Waals surface area contributed by atoms with Gasteiger partial charge in [-0.1, -0.05) is 35.9 Å². The van der Waals surface area contributed by atoms with Crippen molar-refractivity contribution in [3.63, 3.8) is 0 Å². The molecule has 0 fully saturated rings. The van der Waals surface area contributed by atoms with E-state index in [9.17, 15) is 9.50 Å². The highest BCUT2D eigenvalue weighted by Gasteiger charge is 2.18. The van der Waals surface area contributed by atoms with E-state index in [1.54, 1.807) is 37.4 Å². The molecule has 2 rings (SSSR count). The van der Waals surface area contributed by atoms with E-state index in [0.717, 1.165) is 5.56 Å². The number of hydrogen-bond donors (Lipinski definition) is 1. The van der Waals surface area contributed by atoms with Crippen molar-refractivity contribution >= 4 is 0 Å². The number of halogens is 1. The Hall–Kier alpha value is -1.91. The maximum absolute atomic E-state index is 13.9. The molecule has 0 bridgehead atoms. The Kier molecular flexibility index (Phi) is 5.31. The normalized spacial score (nSPS) is 12.2. The highest BCUT2D eigenvalue weighted by molar-refractivity contribution is 5.41. The molecule has 21 heavy (non-hydrogen) atoms. The van der Waals surface area contributed by atoms with Gasteiger partial charge in [-0.15, -0.1) is 0 Å². The third-order valence-corrected chi connectivity index (χ3v) is 3.20. The van der Waals surface area contributed by atoms with Crippen molar-refractivity contribution in [3.8, 4) is 5.75 Å². The molecule has 3 nitrogen and oxygen atoms in total. The van der Waals surface area contributed by atoms with Gasteiger partial charge in [0, 0.05) is 18.2 Å². The van der Waals surface area contributed by atoms with Gasteiger partial charge in [0.05, 0.1) is 6.61 Å². The number of aryl methyl sites for hydroxylation is 1. The summed E-state index contributed by atoms with van der Waals surface area (Å²) in [7, 11) is 1.59. The third kappa shape index (κ3) is 3.80. The molecule has 0 spiro atoms. The van der Waals surface area contributed by atoms with Crippen LogP contribution in [0.3, 0.4) is 0 Å². The number of ether oxygens (including phenoxy) is 2. The molecule has 1 atom stereocenters. The first-order chi connectivity index (χ1) is 10.1. The summed E-state index contributed by atoms with van der Waals surface area (Å²) in [6.07, 6.45) is -1.07. The molecule has 0 saturated carbocycles. The number of methoxy groups -OCH3 is 1. The Morgan fingerprint density at radius 1 is 1.10 bits per heavy atom. The summed E-state index contributed by atoms with van der Waals surface area (Å²) in [5.41, 5.74) is 1.68. The number of para-hydroxylation sites is 1. The molecule has 0 heterocycles. The van der Waals surface area contributed by atoms with Crippen LogP contribution in [0.1, 0.15) is 22.8 Å². The first kappa shape index (κ1) is 15.5. The van der Waals surface area contributed by atoms with Crippen LogP contribution in [0.5, 0.6) is 5.75 Å². The van der Waals surface area contributed by atoms with Gasteiger partial charge in [0.25, 0.3) is 0 Å². The summed E-state index contributed by atoms with van der Waals surface area (Å²) in [5, 5.41) is 10.5. The van der Waals surface area contributed by atoms with Gasteiger partial charge in [-0.3, -0.25) is 0 Å². The summed E-state index contributed by atoms with van der Waals surface area (Å²) in [6.45, 7) is 2.68. The van der Waals surface area contributed by atoms with Crippen LogP contribution >= 0.6 is 0 Å². The molecule has 1 unspecified atom stereocenters. The van der Waals surface area contributed by atoms with E-state index in [1.165, 1.54) is 6.07 Å². The first-order valence-corrected chi connectivity index (χ1v) is 6.78. The number of aliphatic hydroxyl groups is 1. The minimum Gasteiger partial charge on any atom is -0.491 e. The van der Waals surface area contributed by atoms with Gasteiger partial charge in [-0.25, -0.2) is 4.39 Å². The van der Waals surface area contributed by atoms with Gasteiger partial charge >= 0.3 is 0 Å². The van der Waals surface area contributed by atoms with Crippen LogP contribution in [-0.2, 0) is 4.74 Å². The van der Waals surface area contributed by atoms with Gasteiger partial charge in [0.1, 0.15) is 24.3 Å². The van der Waals surface area contributed by atoms with E-state index in [-0.39, 0.29) is 5.56 Å². The Morgan fingerprint density at radius 3 is 2.62 bits per heavy atom. The SMILES string of the molecule is COCCOc1ccccc1C(O)c1cc(C)ccc1F. The number of rotatable bonds is 6. The Morgan fingerprint density at radius 2 is 1.86 bits per heavy atom. The smallest absolute Gasteiger partial charge is 0.129 e. The molecular formula is C17H19FO3. The summed E-state index contributed by atoms with van der Waals surface area (Å²) < 4.78 is 24.4. The molecule has 112 valence electrons. The van der Waals surface area contributed by atoms with Crippen molar-refractivity contribution in [2.45, 2.75) is 13.0 Å². The second kappa shape index (κ2) is 7.20. The molecule has 0 amide bonds. The number of aliphatic hydroxyl groups excluding tert-OH is 1. The average molecular weight is 290 g/mol. The Labute approximate surface area is 124 Å². The molecule has 1 N–H and O–H groups in total. The monoisotopic (exact) mass is 290 g/mol. The lowest BCUT2D eigenvalue weighted by atomic mass is 9.98. The van der Waals surface area contributed by atoms with Crippen molar-refractivity contribution in [2.24, 2.45) is 0 Å². The van der Waals surface area contributed by atoms with E-state index in [0.29, 0.717) is 24.5 Å². The van der Waals surface area contributed by atoms with E-state index in [1.807, 2.05) is 13.0 Å². The largest absolute Gasteiger partial charge is 0.491 e. The second-order valence-electron chi connectivity index (χ2n) is 4.81. The van der Waals surface area contributed by atoms with E-state index in [2.05, 4.69) is 0 Å². The van der Waals surface area contributed by atoms with Crippen LogP contribution in [0, 0.1) is 12.7 Å². The zero-order chi connectivity index (χ0) is 15.2. The molecular weight excluding hydrogens is 271 g/mol. The van der Waals surface area contributed by atoms with Crippen molar-refractivity contribution in [3.05, 3.63) is 65.0 Å².